The van der Waals surface area contributed by atoms with Gasteiger partial charge in [-0.3, -0.25) is 0 Å². The number of aliphatic hydroxyl groups is 1. The van der Waals surface area contributed by atoms with Gasteiger partial charge in [0.25, 0.3) is 0 Å². The fourth-order valence-corrected chi connectivity index (χ4v) is 6.60. The van der Waals surface area contributed by atoms with Crippen LogP contribution in [0.4, 0.5) is 0 Å². The first-order valence-corrected chi connectivity index (χ1v) is 8.45. The fraction of sp³-hybridized carbons (Fsp3) is 0.889. The molecular weight excluding hydrogens is 232 g/mol. The van der Waals surface area contributed by atoms with E-state index in [2.05, 4.69) is 13.5 Å². The summed E-state index contributed by atoms with van der Waals surface area (Å²) in [5.74, 6) is 3.80. The topological polar surface area (TPSA) is 20.2 Å². The summed E-state index contributed by atoms with van der Waals surface area (Å²) in [6.45, 7) is 6.71. The molecule has 4 aliphatic rings. The molecule has 19 heavy (non-hydrogen) atoms. The summed E-state index contributed by atoms with van der Waals surface area (Å²) < 4.78 is 0. The minimum atomic E-state index is -0.483. The van der Waals surface area contributed by atoms with Gasteiger partial charge in [-0.2, -0.15) is 0 Å². The highest BCUT2D eigenvalue weighted by atomic mass is 16.3. The van der Waals surface area contributed by atoms with Crippen molar-refractivity contribution in [2.75, 3.05) is 0 Å². The summed E-state index contributed by atoms with van der Waals surface area (Å²) in [7, 11) is 0. The highest BCUT2D eigenvalue weighted by Gasteiger charge is 2.61. The Morgan fingerprint density at radius 2 is 1.95 bits per heavy atom. The first kappa shape index (κ1) is 12.4. The Morgan fingerprint density at radius 1 is 1.11 bits per heavy atom. The van der Waals surface area contributed by atoms with Crippen molar-refractivity contribution < 1.29 is 5.11 Å². The normalized spacial score (nSPS) is 56.6. The third kappa shape index (κ3) is 1.57. The molecule has 1 heteroatoms. The third-order valence-corrected chi connectivity index (χ3v) is 7.49. The molecular formula is C18H28O. The quantitative estimate of drug-likeness (QED) is 0.643. The summed E-state index contributed by atoms with van der Waals surface area (Å²) in [4.78, 5) is 0. The molecule has 1 spiro atoms. The molecule has 106 valence electrons. The van der Waals surface area contributed by atoms with Crippen molar-refractivity contribution in [3.63, 3.8) is 0 Å². The maximum absolute atomic E-state index is 10.8. The van der Waals surface area contributed by atoms with Gasteiger partial charge in [-0.05, 0) is 79.6 Å². The minimum absolute atomic E-state index is 0.447. The Kier molecular flexibility index (Phi) is 2.54. The van der Waals surface area contributed by atoms with Crippen LogP contribution in [-0.4, -0.2) is 10.7 Å². The Balaban J connectivity index is 1.67. The van der Waals surface area contributed by atoms with Crippen molar-refractivity contribution >= 4 is 0 Å². The lowest BCUT2D eigenvalue weighted by atomic mass is 9.50. The van der Waals surface area contributed by atoms with Crippen molar-refractivity contribution in [2.45, 2.75) is 70.3 Å². The van der Waals surface area contributed by atoms with Crippen LogP contribution in [0, 0.1) is 29.1 Å². The molecule has 0 aliphatic heterocycles. The molecule has 1 N–H and O–H groups in total. The van der Waals surface area contributed by atoms with Crippen molar-refractivity contribution in [3.8, 4) is 0 Å². The number of rotatable bonds is 0. The van der Waals surface area contributed by atoms with Gasteiger partial charge in [0.1, 0.15) is 0 Å². The Morgan fingerprint density at radius 3 is 2.79 bits per heavy atom. The van der Waals surface area contributed by atoms with Crippen LogP contribution in [0.1, 0.15) is 64.7 Å². The van der Waals surface area contributed by atoms with E-state index in [4.69, 9.17) is 0 Å². The Hall–Kier alpha value is -0.300. The molecule has 4 unspecified atom stereocenters. The van der Waals surface area contributed by atoms with E-state index in [-0.39, 0.29) is 0 Å². The van der Waals surface area contributed by atoms with E-state index in [9.17, 15) is 5.11 Å². The third-order valence-electron chi connectivity index (χ3n) is 7.49. The molecule has 0 aromatic heterocycles. The van der Waals surface area contributed by atoms with Crippen LogP contribution in [0.25, 0.3) is 0 Å². The highest BCUT2D eigenvalue weighted by molar-refractivity contribution is 5.27. The average Bonchev–Trinajstić information content (AvgIpc) is 2.55. The minimum Gasteiger partial charge on any atom is -0.386 e. The van der Waals surface area contributed by atoms with Gasteiger partial charge in [-0.15, -0.1) is 0 Å². The first-order valence-electron chi connectivity index (χ1n) is 8.45. The molecule has 0 amide bonds. The van der Waals surface area contributed by atoms with Crippen LogP contribution < -0.4 is 0 Å². The van der Waals surface area contributed by atoms with Gasteiger partial charge in [0.2, 0.25) is 0 Å². The predicted molar refractivity (Wildman–Crippen MR) is 77.7 cm³/mol. The van der Waals surface area contributed by atoms with E-state index in [1.807, 2.05) is 0 Å². The van der Waals surface area contributed by atoms with Crippen LogP contribution in [0.5, 0.6) is 0 Å². The van der Waals surface area contributed by atoms with Crippen molar-refractivity contribution in [3.05, 3.63) is 12.2 Å². The molecule has 4 saturated carbocycles. The van der Waals surface area contributed by atoms with E-state index >= 15 is 0 Å². The highest BCUT2D eigenvalue weighted by Crippen LogP contribution is 2.67. The van der Waals surface area contributed by atoms with Crippen LogP contribution in [0.3, 0.4) is 0 Å². The second kappa shape index (κ2) is 3.87. The Bertz CT molecular complexity index is 414. The maximum atomic E-state index is 10.8. The zero-order chi connectivity index (χ0) is 13.3. The van der Waals surface area contributed by atoms with Gasteiger partial charge in [0, 0.05) is 0 Å². The lowest BCUT2D eigenvalue weighted by Gasteiger charge is -2.56. The summed E-state index contributed by atoms with van der Waals surface area (Å²) >= 11 is 0. The predicted octanol–water partition coefficient (Wildman–Crippen LogP) is 4.31. The van der Waals surface area contributed by atoms with E-state index in [0.29, 0.717) is 5.41 Å². The molecule has 0 saturated heterocycles. The summed E-state index contributed by atoms with van der Waals surface area (Å²) in [6.07, 6.45) is 11.6. The molecule has 1 nitrogen and oxygen atoms in total. The number of hydrogen-bond donors (Lipinski definition) is 1. The molecule has 0 aromatic carbocycles. The van der Waals surface area contributed by atoms with Gasteiger partial charge < -0.3 is 5.11 Å². The fourth-order valence-electron chi connectivity index (χ4n) is 6.60. The molecule has 2 bridgehead atoms. The standard InChI is InChI=1S/C18H28O/c1-12-4-3-5-15-14(12)6-8-17-10-13(2)18(19,11-17)9-7-16(15)17/h12,14-16,19H,2-11H2,1H3/t12?,14?,15?,16?,17-,18+/m1/s1. The molecule has 0 aromatic rings. The van der Waals surface area contributed by atoms with E-state index < -0.39 is 5.60 Å². The van der Waals surface area contributed by atoms with Crippen molar-refractivity contribution in [1.82, 2.24) is 0 Å². The molecule has 4 rings (SSSR count). The summed E-state index contributed by atoms with van der Waals surface area (Å²) in [5, 5.41) is 10.8. The monoisotopic (exact) mass is 260 g/mol. The van der Waals surface area contributed by atoms with Gasteiger partial charge in [-0.25, -0.2) is 0 Å². The molecule has 0 radical (unpaired) electrons. The maximum Gasteiger partial charge on any atom is 0.0860 e. The zero-order valence-corrected chi connectivity index (χ0v) is 12.3. The van der Waals surface area contributed by atoms with Crippen LogP contribution in [0.2, 0.25) is 0 Å². The summed E-state index contributed by atoms with van der Waals surface area (Å²) in [6, 6.07) is 0. The van der Waals surface area contributed by atoms with Gasteiger partial charge in [-0.1, -0.05) is 26.3 Å². The number of hydrogen-bond acceptors (Lipinski definition) is 1. The lowest BCUT2D eigenvalue weighted by molar-refractivity contribution is -0.0900. The van der Waals surface area contributed by atoms with Gasteiger partial charge >= 0.3 is 0 Å². The van der Waals surface area contributed by atoms with E-state index in [0.717, 1.165) is 48.5 Å². The second-order valence-electron chi connectivity index (χ2n) is 8.27. The van der Waals surface area contributed by atoms with Crippen molar-refractivity contribution in [2.24, 2.45) is 29.1 Å². The van der Waals surface area contributed by atoms with Gasteiger partial charge in [0.15, 0.2) is 0 Å². The van der Waals surface area contributed by atoms with Crippen LogP contribution in [-0.2, 0) is 0 Å². The number of fused-ring (bicyclic) bond motifs is 3. The van der Waals surface area contributed by atoms with Crippen LogP contribution in [0.15, 0.2) is 12.2 Å². The van der Waals surface area contributed by atoms with E-state index in [1.54, 1.807) is 0 Å². The molecule has 6 atom stereocenters. The molecule has 4 aliphatic carbocycles. The smallest absolute Gasteiger partial charge is 0.0860 e. The lowest BCUT2D eigenvalue weighted by Crippen LogP contribution is -2.49. The first-order chi connectivity index (χ1) is 9.04. The largest absolute Gasteiger partial charge is 0.386 e. The second-order valence-corrected chi connectivity index (χ2v) is 8.27. The van der Waals surface area contributed by atoms with Crippen LogP contribution >= 0.6 is 0 Å². The zero-order valence-electron chi connectivity index (χ0n) is 12.3. The molecule has 0 heterocycles. The summed E-state index contributed by atoms with van der Waals surface area (Å²) in [5.41, 5.74) is 1.13. The average molecular weight is 260 g/mol. The van der Waals surface area contributed by atoms with E-state index in [1.165, 1.54) is 38.5 Å². The Labute approximate surface area is 117 Å². The van der Waals surface area contributed by atoms with Gasteiger partial charge in [0.05, 0.1) is 5.60 Å². The SMILES string of the molecule is C=C1C[C@@]23CCC4C(C)CCCC4C2CC[C@]1(O)C3. The van der Waals surface area contributed by atoms with Crippen molar-refractivity contribution in [1.29, 1.82) is 0 Å². The molecule has 4 fully saturated rings.